The summed E-state index contributed by atoms with van der Waals surface area (Å²) in [6.07, 6.45) is 2.74. The Balaban J connectivity index is 1.66. The lowest BCUT2D eigenvalue weighted by Crippen LogP contribution is -2.30. The second kappa shape index (κ2) is 8.64. The Bertz CT molecular complexity index is 1010. The Hall–Kier alpha value is -2.23. The molecule has 1 aromatic carbocycles. The van der Waals surface area contributed by atoms with Crippen molar-refractivity contribution in [2.24, 2.45) is 0 Å². The fourth-order valence-electron chi connectivity index (χ4n) is 2.63. The van der Waals surface area contributed by atoms with Gasteiger partial charge in [-0.25, -0.2) is 4.98 Å². The minimum atomic E-state index is -0.197. The molecule has 142 valence electrons. The minimum Gasteiger partial charge on any atom is -0.324 e. The summed E-state index contributed by atoms with van der Waals surface area (Å²) in [6, 6.07) is 9.16. The Morgan fingerprint density at radius 3 is 2.89 bits per heavy atom. The average molecular weight is 404 g/mol. The largest absolute Gasteiger partial charge is 0.324 e. The first-order chi connectivity index (χ1) is 13.0. The number of nitrogens with one attached hydrogen (secondary N) is 1. The number of para-hydroxylation sites is 1. The number of thioether (sulfide) groups is 1. The first-order valence-corrected chi connectivity index (χ1v) is 10.5. The zero-order valence-electron chi connectivity index (χ0n) is 15.4. The fraction of sp³-hybridized carbons (Fsp3) is 0.333. The third kappa shape index (κ3) is 4.74. The molecule has 1 amide bonds. The predicted molar refractivity (Wildman–Crippen MR) is 110 cm³/mol. The molecule has 0 atom stereocenters. The van der Waals surface area contributed by atoms with Crippen molar-refractivity contribution in [2.45, 2.75) is 24.8 Å². The predicted octanol–water partition coefficient (Wildman–Crippen LogP) is 2.51. The molecule has 0 aliphatic heterocycles. The Morgan fingerprint density at radius 1 is 1.37 bits per heavy atom. The molecule has 9 heteroatoms. The van der Waals surface area contributed by atoms with E-state index in [4.69, 9.17) is 0 Å². The molecule has 7 nitrogen and oxygen atoms in total. The fourth-order valence-corrected chi connectivity index (χ4v) is 4.05. The van der Waals surface area contributed by atoms with Crippen molar-refractivity contribution in [3.63, 3.8) is 0 Å². The number of benzene rings is 1. The molecular weight excluding hydrogens is 382 g/mol. The van der Waals surface area contributed by atoms with Gasteiger partial charge in [0.15, 0.2) is 0 Å². The van der Waals surface area contributed by atoms with E-state index < -0.39 is 0 Å². The Morgan fingerprint density at radius 2 is 2.15 bits per heavy atom. The van der Waals surface area contributed by atoms with Gasteiger partial charge < -0.3 is 5.32 Å². The first-order valence-electron chi connectivity index (χ1n) is 8.50. The van der Waals surface area contributed by atoms with Gasteiger partial charge in [0.1, 0.15) is 5.01 Å². The highest BCUT2D eigenvalue weighted by Gasteiger charge is 2.13. The standard InChI is InChI=1S/C18H21N5O2S2/c1-4-16-21-23-17(25)9-12(19-18(23)27-16)10-22(2)11-15(24)20-13-7-5-6-8-14(13)26-3/h5-9H,4,10-11H2,1-3H3,(H,20,24). The summed E-state index contributed by atoms with van der Waals surface area (Å²) in [4.78, 5) is 32.5. The van der Waals surface area contributed by atoms with Crippen molar-refractivity contribution < 1.29 is 4.79 Å². The second-order valence-corrected chi connectivity index (χ2v) is 7.94. The molecule has 3 rings (SSSR count). The molecule has 0 radical (unpaired) electrons. The van der Waals surface area contributed by atoms with Crippen LogP contribution in [0.2, 0.25) is 0 Å². The molecule has 0 saturated carbocycles. The van der Waals surface area contributed by atoms with E-state index in [-0.39, 0.29) is 18.0 Å². The van der Waals surface area contributed by atoms with Crippen molar-refractivity contribution in [2.75, 3.05) is 25.2 Å². The second-order valence-electron chi connectivity index (χ2n) is 6.05. The molecule has 0 bridgehead atoms. The van der Waals surface area contributed by atoms with Crippen LogP contribution in [0.3, 0.4) is 0 Å². The van der Waals surface area contributed by atoms with Crippen molar-refractivity contribution in [3.8, 4) is 0 Å². The van der Waals surface area contributed by atoms with Gasteiger partial charge in [0.25, 0.3) is 5.56 Å². The van der Waals surface area contributed by atoms with E-state index in [1.54, 1.807) is 11.8 Å². The number of likely N-dealkylation sites (N-methyl/N-ethyl adjacent to an activating group) is 1. The van der Waals surface area contributed by atoms with Crippen LogP contribution in [0, 0.1) is 0 Å². The Labute approximate surface area is 165 Å². The smallest absolute Gasteiger partial charge is 0.275 e. The quantitative estimate of drug-likeness (QED) is 0.611. The summed E-state index contributed by atoms with van der Waals surface area (Å²) < 4.78 is 1.33. The molecule has 1 N–H and O–H groups in total. The number of anilines is 1. The molecule has 3 aromatic rings. The minimum absolute atomic E-state index is 0.108. The molecule has 0 fully saturated rings. The maximum absolute atomic E-state index is 12.3. The third-order valence-corrected chi connectivity index (χ3v) is 5.72. The monoisotopic (exact) mass is 403 g/mol. The molecule has 2 aromatic heterocycles. The van der Waals surface area contributed by atoms with Gasteiger partial charge in [-0.15, -0.1) is 11.8 Å². The number of nitrogens with zero attached hydrogens (tertiary/aromatic N) is 4. The highest BCUT2D eigenvalue weighted by molar-refractivity contribution is 7.98. The highest BCUT2D eigenvalue weighted by atomic mass is 32.2. The van der Waals surface area contributed by atoms with Crippen LogP contribution in [0.4, 0.5) is 5.69 Å². The van der Waals surface area contributed by atoms with E-state index in [1.165, 1.54) is 21.9 Å². The molecule has 2 heterocycles. The number of aryl methyl sites for hydroxylation is 1. The lowest BCUT2D eigenvalue weighted by atomic mass is 10.3. The maximum atomic E-state index is 12.3. The first kappa shape index (κ1) is 19.5. The van der Waals surface area contributed by atoms with Crippen molar-refractivity contribution in [1.82, 2.24) is 19.5 Å². The highest BCUT2D eigenvalue weighted by Crippen LogP contribution is 2.24. The van der Waals surface area contributed by atoms with E-state index in [0.29, 0.717) is 17.2 Å². The van der Waals surface area contributed by atoms with Crippen LogP contribution in [-0.4, -0.2) is 45.3 Å². The van der Waals surface area contributed by atoms with E-state index >= 15 is 0 Å². The number of amides is 1. The van der Waals surface area contributed by atoms with Crippen LogP contribution in [-0.2, 0) is 17.8 Å². The zero-order chi connectivity index (χ0) is 19.4. The van der Waals surface area contributed by atoms with Crippen LogP contribution in [0.1, 0.15) is 17.6 Å². The molecule has 27 heavy (non-hydrogen) atoms. The van der Waals surface area contributed by atoms with E-state index in [0.717, 1.165) is 22.0 Å². The van der Waals surface area contributed by atoms with Crippen LogP contribution in [0.15, 0.2) is 40.0 Å². The molecule has 0 aliphatic rings. The lowest BCUT2D eigenvalue weighted by Gasteiger charge is -2.16. The van der Waals surface area contributed by atoms with Gasteiger partial charge in [-0.1, -0.05) is 30.4 Å². The van der Waals surface area contributed by atoms with Crippen LogP contribution < -0.4 is 10.9 Å². The van der Waals surface area contributed by atoms with Gasteiger partial charge in [0, 0.05) is 17.5 Å². The van der Waals surface area contributed by atoms with Gasteiger partial charge in [-0.05, 0) is 31.9 Å². The summed E-state index contributed by atoms with van der Waals surface area (Å²) in [7, 11) is 1.83. The number of hydrogen-bond acceptors (Lipinski definition) is 7. The van der Waals surface area contributed by atoms with Crippen molar-refractivity contribution in [1.29, 1.82) is 0 Å². The molecule has 0 unspecified atom stereocenters. The summed E-state index contributed by atoms with van der Waals surface area (Å²) in [6.45, 7) is 2.60. The lowest BCUT2D eigenvalue weighted by molar-refractivity contribution is -0.117. The van der Waals surface area contributed by atoms with E-state index in [9.17, 15) is 9.59 Å². The zero-order valence-corrected chi connectivity index (χ0v) is 17.1. The van der Waals surface area contributed by atoms with Crippen molar-refractivity contribution in [3.05, 3.63) is 51.4 Å². The molecule has 0 saturated heterocycles. The van der Waals surface area contributed by atoms with E-state index in [1.807, 2.05) is 49.4 Å². The number of fused-ring (bicyclic) bond motifs is 1. The van der Waals surface area contributed by atoms with Gasteiger partial charge in [-0.2, -0.15) is 9.61 Å². The summed E-state index contributed by atoms with van der Waals surface area (Å²) in [5.74, 6) is -0.108. The number of carbonyl (C=O) groups is 1. The van der Waals surface area contributed by atoms with Gasteiger partial charge in [0.05, 0.1) is 17.9 Å². The normalized spacial score (nSPS) is 11.3. The SMILES string of the molecule is CCc1nn2c(=O)cc(CN(C)CC(=O)Nc3ccccc3SC)nc2s1. The number of rotatable bonds is 7. The maximum Gasteiger partial charge on any atom is 0.275 e. The van der Waals surface area contributed by atoms with Crippen molar-refractivity contribution >= 4 is 39.7 Å². The average Bonchev–Trinajstić information content (AvgIpc) is 3.05. The number of aromatic nitrogens is 3. The van der Waals surface area contributed by atoms with Gasteiger partial charge >= 0.3 is 0 Å². The van der Waals surface area contributed by atoms with Crippen LogP contribution in [0.5, 0.6) is 0 Å². The van der Waals surface area contributed by atoms with Gasteiger partial charge in [0.2, 0.25) is 10.9 Å². The van der Waals surface area contributed by atoms with Crippen LogP contribution >= 0.6 is 23.1 Å². The summed E-state index contributed by atoms with van der Waals surface area (Å²) in [5.41, 5.74) is 1.24. The third-order valence-electron chi connectivity index (χ3n) is 3.87. The topological polar surface area (TPSA) is 79.6 Å². The molecule has 0 aliphatic carbocycles. The summed E-state index contributed by atoms with van der Waals surface area (Å²) in [5, 5.41) is 8.05. The Kier molecular flexibility index (Phi) is 6.25. The number of hydrogen-bond donors (Lipinski definition) is 1. The molecular formula is C18H21N5O2S2. The van der Waals surface area contributed by atoms with E-state index in [2.05, 4.69) is 15.4 Å². The van der Waals surface area contributed by atoms with Crippen LogP contribution in [0.25, 0.3) is 4.96 Å². The molecule has 0 spiro atoms. The number of carbonyl (C=O) groups excluding carboxylic acids is 1. The summed E-state index contributed by atoms with van der Waals surface area (Å²) >= 11 is 3.00. The van der Waals surface area contributed by atoms with Gasteiger partial charge in [-0.3, -0.25) is 14.5 Å².